The Morgan fingerprint density at radius 3 is 2.41 bits per heavy atom. The molecule has 0 aliphatic rings. The van der Waals surface area contributed by atoms with Crippen LogP contribution in [0.3, 0.4) is 0 Å². The van der Waals surface area contributed by atoms with Gasteiger partial charge in [0.15, 0.2) is 0 Å². The number of carbonyl (C=O) groups is 2. The van der Waals surface area contributed by atoms with Crippen LogP contribution in [0.1, 0.15) is 64.1 Å². The normalized spacial score (nSPS) is 10.9. The number of hydrogen-bond acceptors (Lipinski definition) is 5. The van der Waals surface area contributed by atoms with Gasteiger partial charge in [0.05, 0.1) is 17.8 Å². The van der Waals surface area contributed by atoms with Crippen LogP contribution < -0.4 is 0 Å². The number of aromatic carboxylic acids is 1. The fourth-order valence-corrected chi connectivity index (χ4v) is 3.78. The lowest BCUT2D eigenvalue weighted by Gasteiger charge is -2.08. The number of benzene rings is 2. The minimum Gasteiger partial charge on any atom is -0.478 e. The highest BCUT2D eigenvalue weighted by Crippen LogP contribution is 2.22. The van der Waals surface area contributed by atoms with E-state index in [1.165, 1.54) is 0 Å². The van der Waals surface area contributed by atoms with E-state index in [2.05, 4.69) is 22.0 Å². The number of aromatic nitrogens is 4. The lowest BCUT2D eigenvalue weighted by Crippen LogP contribution is -2.08. The number of hydrogen-bond donors (Lipinski definition) is 1. The first-order chi connectivity index (χ1) is 16.6. The third-order valence-corrected chi connectivity index (χ3v) is 5.59. The van der Waals surface area contributed by atoms with Gasteiger partial charge in [0.1, 0.15) is 5.82 Å². The van der Waals surface area contributed by atoms with E-state index in [-0.39, 0.29) is 17.2 Å². The summed E-state index contributed by atoms with van der Waals surface area (Å²) >= 11 is 0. The van der Waals surface area contributed by atoms with E-state index >= 15 is 0 Å². The summed E-state index contributed by atoms with van der Waals surface area (Å²) in [5.74, 6) is -0.214. The van der Waals surface area contributed by atoms with Gasteiger partial charge >= 0.3 is 5.97 Å². The van der Waals surface area contributed by atoms with Gasteiger partial charge < -0.3 is 5.11 Å². The summed E-state index contributed by atoms with van der Waals surface area (Å²) in [5, 5.41) is 14.0. The van der Waals surface area contributed by atoms with E-state index in [1.807, 2.05) is 42.5 Å². The SMILES string of the molecule is CCCCCc1nc(C(=O)c2ccccc2)nn1Cc1ccc(-c2ncccc2C(=O)O)cc1. The fraction of sp³-hybridized carbons (Fsp3) is 0.222. The average Bonchev–Trinajstić information content (AvgIpc) is 3.27. The minimum absolute atomic E-state index is 0.161. The molecule has 0 aliphatic heterocycles. The van der Waals surface area contributed by atoms with Crippen molar-refractivity contribution in [2.45, 2.75) is 39.2 Å². The molecular weight excluding hydrogens is 428 g/mol. The molecular formula is C27H26N4O3. The number of aryl methyl sites for hydroxylation is 1. The first kappa shape index (κ1) is 23.0. The first-order valence-electron chi connectivity index (χ1n) is 11.4. The van der Waals surface area contributed by atoms with Gasteiger partial charge in [-0.05, 0) is 24.1 Å². The van der Waals surface area contributed by atoms with E-state index in [4.69, 9.17) is 0 Å². The van der Waals surface area contributed by atoms with E-state index in [9.17, 15) is 14.7 Å². The maximum absolute atomic E-state index is 12.9. The Labute approximate surface area is 198 Å². The van der Waals surface area contributed by atoms with Gasteiger partial charge in [-0.2, -0.15) is 0 Å². The summed E-state index contributed by atoms with van der Waals surface area (Å²) in [6, 6.07) is 19.8. The second-order valence-corrected chi connectivity index (χ2v) is 8.06. The van der Waals surface area contributed by atoms with Gasteiger partial charge in [-0.1, -0.05) is 74.4 Å². The van der Waals surface area contributed by atoms with Crippen LogP contribution in [-0.2, 0) is 13.0 Å². The van der Waals surface area contributed by atoms with Gasteiger partial charge in [0.25, 0.3) is 0 Å². The van der Waals surface area contributed by atoms with Crippen molar-refractivity contribution in [2.75, 3.05) is 0 Å². The van der Waals surface area contributed by atoms with E-state index in [0.29, 0.717) is 17.8 Å². The molecule has 0 fully saturated rings. The second-order valence-electron chi connectivity index (χ2n) is 8.06. The maximum Gasteiger partial charge on any atom is 0.337 e. The molecule has 7 nitrogen and oxygen atoms in total. The molecule has 34 heavy (non-hydrogen) atoms. The number of unbranched alkanes of at least 4 members (excludes halogenated alkanes) is 2. The van der Waals surface area contributed by atoms with Crippen LogP contribution in [-0.4, -0.2) is 36.6 Å². The van der Waals surface area contributed by atoms with Crippen molar-refractivity contribution in [2.24, 2.45) is 0 Å². The number of pyridine rings is 1. The highest BCUT2D eigenvalue weighted by atomic mass is 16.4. The number of rotatable bonds is 10. The van der Waals surface area contributed by atoms with Crippen molar-refractivity contribution in [3.8, 4) is 11.3 Å². The monoisotopic (exact) mass is 454 g/mol. The van der Waals surface area contributed by atoms with E-state index in [1.54, 1.807) is 35.1 Å². The molecule has 0 saturated carbocycles. The van der Waals surface area contributed by atoms with Gasteiger partial charge in [0.2, 0.25) is 11.6 Å². The Hall–Kier alpha value is -4.13. The molecule has 0 aliphatic carbocycles. The Morgan fingerprint density at radius 2 is 1.71 bits per heavy atom. The summed E-state index contributed by atoms with van der Waals surface area (Å²) < 4.78 is 1.80. The highest BCUT2D eigenvalue weighted by molar-refractivity contribution is 6.06. The maximum atomic E-state index is 12.9. The lowest BCUT2D eigenvalue weighted by atomic mass is 10.0. The van der Waals surface area contributed by atoms with Crippen molar-refractivity contribution in [3.05, 3.63) is 101 Å². The predicted octanol–water partition coefficient (Wildman–Crippen LogP) is 5.05. The number of ketones is 1. The molecule has 0 atom stereocenters. The van der Waals surface area contributed by atoms with Crippen LogP contribution >= 0.6 is 0 Å². The van der Waals surface area contributed by atoms with E-state index < -0.39 is 5.97 Å². The number of carbonyl (C=O) groups excluding carboxylic acids is 1. The molecule has 2 heterocycles. The lowest BCUT2D eigenvalue weighted by molar-refractivity contribution is 0.0697. The number of nitrogens with zero attached hydrogens (tertiary/aromatic N) is 4. The Morgan fingerprint density at radius 1 is 0.941 bits per heavy atom. The third-order valence-electron chi connectivity index (χ3n) is 5.59. The van der Waals surface area contributed by atoms with Crippen LogP contribution in [0.15, 0.2) is 72.9 Å². The Bertz CT molecular complexity index is 1280. The van der Waals surface area contributed by atoms with Crippen LogP contribution in [0.4, 0.5) is 0 Å². The smallest absolute Gasteiger partial charge is 0.337 e. The summed E-state index contributed by atoms with van der Waals surface area (Å²) in [5.41, 5.74) is 2.85. The molecule has 172 valence electrons. The summed E-state index contributed by atoms with van der Waals surface area (Å²) in [4.78, 5) is 33.2. The van der Waals surface area contributed by atoms with Crippen LogP contribution in [0.5, 0.6) is 0 Å². The summed E-state index contributed by atoms with van der Waals surface area (Å²) in [6.45, 7) is 2.61. The molecule has 2 aromatic carbocycles. The van der Waals surface area contributed by atoms with Crippen molar-refractivity contribution in [1.82, 2.24) is 19.7 Å². The minimum atomic E-state index is -1.01. The van der Waals surface area contributed by atoms with Crippen molar-refractivity contribution < 1.29 is 14.7 Å². The average molecular weight is 455 g/mol. The zero-order valence-electron chi connectivity index (χ0n) is 19.0. The molecule has 4 aromatic rings. The highest BCUT2D eigenvalue weighted by Gasteiger charge is 2.18. The quantitative estimate of drug-likeness (QED) is 0.266. The molecule has 2 aromatic heterocycles. The molecule has 0 saturated heterocycles. The standard InChI is InChI=1S/C27H26N4O3/c1-2-3-5-12-23-29-26(25(32)21-9-6-4-7-10-21)30-31(23)18-19-13-15-20(16-14-19)24-22(27(33)34)11-8-17-28-24/h4,6-11,13-17H,2-3,5,12,18H2,1H3,(H,33,34). The summed E-state index contributed by atoms with van der Waals surface area (Å²) in [7, 11) is 0. The van der Waals surface area contributed by atoms with Crippen molar-refractivity contribution >= 4 is 11.8 Å². The van der Waals surface area contributed by atoms with Gasteiger partial charge in [-0.3, -0.25) is 9.78 Å². The predicted molar refractivity (Wildman–Crippen MR) is 129 cm³/mol. The molecule has 4 rings (SSSR count). The van der Waals surface area contributed by atoms with Gasteiger partial charge in [-0.25, -0.2) is 14.5 Å². The number of carboxylic acids is 1. The van der Waals surface area contributed by atoms with Crippen molar-refractivity contribution in [1.29, 1.82) is 0 Å². The Kier molecular flexibility index (Phi) is 7.22. The largest absolute Gasteiger partial charge is 0.478 e. The fourth-order valence-electron chi connectivity index (χ4n) is 3.78. The van der Waals surface area contributed by atoms with Gasteiger partial charge in [0, 0.05) is 23.7 Å². The second kappa shape index (κ2) is 10.7. The Balaban J connectivity index is 1.59. The van der Waals surface area contributed by atoms with Crippen LogP contribution in [0, 0.1) is 0 Å². The third kappa shape index (κ3) is 5.26. The van der Waals surface area contributed by atoms with Crippen LogP contribution in [0.2, 0.25) is 0 Å². The zero-order valence-corrected chi connectivity index (χ0v) is 19.0. The molecule has 7 heteroatoms. The molecule has 0 unspecified atom stereocenters. The van der Waals surface area contributed by atoms with Crippen molar-refractivity contribution in [3.63, 3.8) is 0 Å². The zero-order chi connectivity index (χ0) is 23.9. The molecule has 0 radical (unpaired) electrons. The van der Waals surface area contributed by atoms with Crippen LogP contribution in [0.25, 0.3) is 11.3 Å². The van der Waals surface area contributed by atoms with E-state index in [0.717, 1.165) is 42.6 Å². The topological polar surface area (TPSA) is 98.0 Å². The molecule has 0 bridgehead atoms. The molecule has 0 spiro atoms. The first-order valence-corrected chi connectivity index (χ1v) is 11.4. The molecule has 1 N–H and O–H groups in total. The number of carboxylic acid groups (broad SMARTS) is 1. The van der Waals surface area contributed by atoms with Gasteiger partial charge in [-0.15, -0.1) is 5.10 Å². The molecule has 0 amide bonds. The summed E-state index contributed by atoms with van der Waals surface area (Å²) in [6.07, 6.45) is 5.48.